The fourth-order valence-corrected chi connectivity index (χ4v) is 2.39. The molecule has 1 amide bonds. The summed E-state index contributed by atoms with van der Waals surface area (Å²) in [6.45, 7) is 9.24. The molecule has 17 heavy (non-hydrogen) atoms. The molecule has 0 saturated carbocycles. The van der Waals surface area contributed by atoms with Crippen molar-refractivity contribution < 1.29 is 4.79 Å². The van der Waals surface area contributed by atoms with E-state index < -0.39 is 0 Å². The van der Waals surface area contributed by atoms with Crippen molar-refractivity contribution in [2.75, 3.05) is 19.6 Å². The second-order valence-electron chi connectivity index (χ2n) is 5.08. The highest BCUT2D eigenvalue weighted by Crippen LogP contribution is 2.15. The number of likely N-dealkylation sites (tertiary alicyclic amines) is 1. The van der Waals surface area contributed by atoms with Gasteiger partial charge in [-0.15, -0.1) is 0 Å². The molecule has 1 saturated heterocycles. The Morgan fingerprint density at radius 3 is 2.82 bits per heavy atom. The summed E-state index contributed by atoms with van der Waals surface area (Å²) in [4.78, 5) is 14.3. The van der Waals surface area contributed by atoms with Gasteiger partial charge in [0, 0.05) is 12.6 Å². The minimum Gasteiger partial charge on any atom is -0.353 e. The number of nitrogens with one attached hydrogen (secondary N) is 1. The normalized spacial score (nSPS) is 24.6. The van der Waals surface area contributed by atoms with Crippen LogP contribution < -0.4 is 11.1 Å². The Morgan fingerprint density at radius 2 is 2.24 bits per heavy atom. The molecule has 1 fully saturated rings. The quantitative estimate of drug-likeness (QED) is 0.728. The summed E-state index contributed by atoms with van der Waals surface area (Å²) < 4.78 is 0. The number of carbonyl (C=O) groups is 1. The molecule has 0 aromatic heterocycles. The van der Waals surface area contributed by atoms with Gasteiger partial charge in [-0.2, -0.15) is 0 Å². The second kappa shape index (κ2) is 6.97. The Hall–Kier alpha value is -0.610. The van der Waals surface area contributed by atoms with E-state index in [2.05, 4.69) is 24.1 Å². The van der Waals surface area contributed by atoms with E-state index >= 15 is 0 Å². The third-order valence-electron chi connectivity index (χ3n) is 3.98. The molecule has 0 spiro atoms. The van der Waals surface area contributed by atoms with E-state index in [-0.39, 0.29) is 17.9 Å². The molecule has 3 N–H and O–H groups in total. The fraction of sp³-hybridized carbons (Fsp3) is 0.923. The van der Waals surface area contributed by atoms with Gasteiger partial charge in [0.25, 0.3) is 0 Å². The van der Waals surface area contributed by atoms with Crippen molar-refractivity contribution in [2.24, 2.45) is 11.7 Å². The summed E-state index contributed by atoms with van der Waals surface area (Å²) in [7, 11) is 0. The standard InChI is InChI=1S/C13H27N3O/c1-4-10(3)12(14)13(17)15-9-11-7-6-8-16(11)5-2/h10-12H,4-9,14H2,1-3H3,(H,15,17)/t10-,11?,12-/m0/s1. The molecule has 4 heteroatoms. The Labute approximate surface area is 105 Å². The van der Waals surface area contributed by atoms with Gasteiger partial charge in [-0.3, -0.25) is 9.69 Å². The lowest BCUT2D eigenvalue weighted by Gasteiger charge is -2.24. The Morgan fingerprint density at radius 1 is 1.53 bits per heavy atom. The summed E-state index contributed by atoms with van der Waals surface area (Å²) in [5.74, 6) is 0.253. The van der Waals surface area contributed by atoms with E-state index in [0.29, 0.717) is 6.04 Å². The van der Waals surface area contributed by atoms with Crippen molar-refractivity contribution in [1.29, 1.82) is 0 Å². The fourth-order valence-electron chi connectivity index (χ4n) is 2.39. The average Bonchev–Trinajstić information content (AvgIpc) is 2.81. The van der Waals surface area contributed by atoms with E-state index in [1.54, 1.807) is 0 Å². The molecular weight excluding hydrogens is 214 g/mol. The number of rotatable bonds is 6. The van der Waals surface area contributed by atoms with Crippen molar-refractivity contribution in [2.45, 2.75) is 52.1 Å². The van der Waals surface area contributed by atoms with E-state index in [4.69, 9.17) is 5.73 Å². The van der Waals surface area contributed by atoms with Gasteiger partial charge in [0.15, 0.2) is 0 Å². The van der Waals surface area contributed by atoms with E-state index in [9.17, 15) is 4.79 Å². The third kappa shape index (κ3) is 3.96. The molecule has 3 atom stereocenters. The van der Waals surface area contributed by atoms with Gasteiger partial charge in [0.05, 0.1) is 6.04 Å². The Bertz CT molecular complexity index is 245. The summed E-state index contributed by atoms with van der Waals surface area (Å²) in [5, 5.41) is 3.00. The van der Waals surface area contributed by atoms with Crippen LogP contribution in [-0.2, 0) is 4.79 Å². The first kappa shape index (κ1) is 14.5. The molecular formula is C13H27N3O. The van der Waals surface area contributed by atoms with Gasteiger partial charge < -0.3 is 11.1 Å². The van der Waals surface area contributed by atoms with Crippen molar-refractivity contribution in [3.8, 4) is 0 Å². The number of likely N-dealkylation sites (N-methyl/N-ethyl adjacent to an activating group) is 1. The zero-order valence-corrected chi connectivity index (χ0v) is 11.4. The minimum atomic E-state index is -0.364. The lowest BCUT2D eigenvalue weighted by Crippen LogP contribution is -2.48. The van der Waals surface area contributed by atoms with Crippen LogP contribution in [0.3, 0.4) is 0 Å². The van der Waals surface area contributed by atoms with Crippen LogP contribution in [0.15, 0.2) is 0 Å². The van der Waals surface area contributed by atoms with Gasteiger partial charge in [-0.05, 0) is 31.8 Å². The summed E-state index contributed by atoms with van der Waals surface area (Å²) in [5.41, 5.74) is 5.90. The smallest absolute Gasteiger partial charge is 0.237 e. The van der Waals surface area contributed by atoms with Crippen LogP contribution in [0.2, 0.25) is 0 Å². The maximum atomic E-state index is 11.8. The van der Waals surface area contributed by atoms with Crippen LogP contribution in [0, 0.1) is 5.92 Å². The first-order valence-corrected chi connectivity index (χ1v) is 6.87. The topological polar surface area (TPSA) is 58.4 Å². The van der Waals surface area contributed by atoms with Crippen LogP contribution in [0.25, 0.3) is 0 Å². The highest BCUT2D eigenvalue weighted by atomic mass is 16.2. The molecule has 4 nitrogen and oxygen atoms in total. The van der Waals surface area contributed by atoms with Gasteiger partial charge in [0.1, 0.15) is 0 Å². The predicted octanol–water partition coefficient (Wildman–Crippen LogP) is 0.960. The molecule has 0 radical (unpaired) electrons. The van der Waals surface area contributed by atoms with Crippen LogP contribution in [0.1, 0.15) is 40.0 Å². The molecule has 1 aliphatic rings. The van der Waals surface area contributed by atoms with Crippen molar-refractivity contribution in [3.63, 3.8) is 0 Å². The Balaban J connectivity index is 2.32. The van der Waals surface area contributed by atoms with Gasteiger partial charge >= 0.3 is 0 Å². The highest BCUT2D eigenvalue weighted by molar-refractivity contribution is 5.81. The largest absolute Gasteiger partial charge is 0.353 e. The number of nitrogens with two attached hydrogens (primary N) is 1. The van der Waals surface area contributed by atoms with E-state index in [1.165, 1.54) is 12.8 Å². The van der Waals surface area contributed by atoms with E-state index in [1.807, 2.05) is 6.92 Å². The van der Waals surface area contributed by atoms with Crippen LogP contribution >= 0.6 is 0 Å². The molecule has 0 aromatic rings. The van der Waals surface area contributed by atoms with Gasteiger partial charge in [0.2, 0.25) is 5.91 Å². The first-order chi connectivity index (χ1) is 8.10. The number of nitrogens with zero attached hydrogens (tertiary/aromatic N) is 1. The molecule has 100 valence electrons. The zero-order valence-electron chi connectivity index (χ0n) is 11.4. The zero-order chi connectivity index (χ0) is 12.8. The average molecular weight is 241 g/mol. The molecule has 0 bridgehead atoms. The highest BCUT2D eigenvalue weighted by Gasteiger charge is 2.25. The summed E-state index contributed by atoms with van der Waals surface area (Å²) in [6, 6.07) is 0.143. The second-order valence-corrected chi connectivity index (χ2v) is 5.08. The van der Waals surface area contributed by atoms with E-state index in [0.717, 1.165) is 26.1 Å². The summed E-state index contributed by atoms with van der Waals surface area (Å²) >= 11 is 0. The molecule has 0 aromatic carbocycles. The molecule has 1 rings (SSSR count). The van der Waals surface area contributed by atoms with Crippen LogP contribution in [-0.4, -0.2) is 42.5 Å². The van der Waals surface area contributed by atoms with Crippen molar-refractivity contribution in [1.82, 2.24) is 10.2 Å². The minimum absolute atomic E-state index is 0.00213. The number of hydrogen-bond donors (Lipinski definition) is 2. The number of carbonyl (C=O) groups excluding carboxylic acids is 1. The predicted molar refractivity (Wildman–Crippen MR) is 70.7 cm³/mol. The number of hydrogen-bond acceptors (Lipinski definition) is 3. The van der Waals surface area contributed by atoms with Gasteiger partial charge in [-0.1, -0.05) is 27.2 Å². The van der Waals surface area contributed by atoms with Crippen LogP contribution in [0.4, 0.5) is 0 Å². The maximum Gasteiger partial charge on any atom is 0.237 e. The SMILES string of the molecule is CC[C@H](C)[C@H](N)C(=O)NCC1CCCN1CC. The maximum absolute atomic E-state index is 11.8. The van der Waals surface area contributed by atoms with Gasteiger partial charge in [-0.25, -0.2) is 0 Å². The van der Waals surface area contributed by atoms with Crippen molar-refractivity contribution in [3.05, 3.63) is 0 Å². The summed E-state index contributed by atoms with van der Waals surface area (Å²) in [6.07, 6.45) is 3.37. The Kier molecular flexibility index (Phi) is 5.92. The molecule has 0 aliphatic carbocycles. The molecule has 1 unspecified atom stereocenters. The monoisotopic (exact) mass is 241 g/mol. The first-order valence-electron chi connectivity index (χ1n) is 6.87. The molecule has 1 aliphatic heterocycles. The third-order valence-corrected chi connectivity index (χ3v) is 3.98. The number of amides is 1. The lowest BCUT2D eigenvalue weighted by molar-refractivity contribution is -0.123. The lowest BCUT2D eigenvalue weighted by atomic mass is 9.99. The molecule has 1 heterocycles. The van der Waals surface area contributed by atoms with Crippen molar-refractivity contribution >= 4 is 5.91 Å². The van der Waals surface area contributed by atoms with Crippen LogP contribution in [0.5, 0.6) is 0 Å².